The van der Waals surface area contributed by atoms with Crippen LogP contribution >= 0.6 is 0 Å². The monoisotopic (exact) mass is 259 g/mol. The molecule has 1 aliphatic heterocycles. The van der Waals surface area contributed by atoms with Gasteiger partial charge in [0.2, 0.25) is 0 Å². The second-order valence-electron chi connectivity index (χ2n) is 5.01. The number of nitrogens with zero attached hydrogens (tertiary/aromatic N) is 3. The lowest BCUT2D eigenvalue weighted by Gasteiger charge is -2.32. The highest BCUT2D eigenvalue weighted by Gasteiger charge is 2.27. The first-order chi connectivity index (χ1) is 9.02. The number of rotatable bonds is 2. The van der Waals surface area contributed by atoms with Crippen LogP contribution < -0.4 is 4.90 Å². The van der Waals surface area contributed by atoms with E-state index in [1.807, 2.05) is 24.8 Å². The van der Waals surface area contributed by atoms with E-state index in [9.17, 15) is 10.1 Å². The molecule has 1 unspecified atom stereocenters. The van der Waals surface area contributed by atoms with Crippen LogP contribution in [0.15, 0.2) is 6.07 Å². The summed E-state index contributed by atoms with van der Waals surface area (Å²) in [6.45, 7) is 4.96. The van der Waals surface area contributed by atoms with Gasteiger partial charge in [-0.05, 0) is 38.3 Å². The Bertz CT molecular complexity index is 548. The van der Waals surface area contributed by atoms with E-state index in [-0.39, 0.29) is 5.92 Å². The number of anilines is 1. The molecule has 1 aromatic rings. The summed E-state index contributed by atoms with van der Waals surface area (Å²) in [6.07, 6.45) is 1.51. The number of hydrogen-bond donors (Lipinski definition) is 1. The van der Waals surface area contributed by atoms with Crippen LogP contribution in [0.1, 0.15) is 29.7 Å². The quantitative estimate of drug-likeness (QED) is 0.877. The second kappa shape index (κ2) is 5.27. The van der Waals surface area contributed by atoms with Gasteiger partial charge in [0, 0.05) is 18.8 Å². The highest BCUT2D eigenvalue weighted by molar-refractivity contribution is 5.71. The number of nitriles is 1. The number of aryl methyl sites for hydroxylation is 2. The van der Waals surface area contributed by atoms with Crippen LogP contribution in [0.2, 0.25) is 0 Å². The fraction of sp³-hybridized carbons (Fsp3) is 0.500. The van der Waals surface area contributed by atoms with Gasteiger partial charge in [0.05, 0.1) is 11.5 Å². The van der Waals surface area contributed by atoms with E-state index in [0.717, 1.165) is 24.2 Å². The number of carboxylic acid groups (broad SMARTS) is 1. The lowest BCUT2D eigenvalue weighted by molar-refractivity contribution is -0.141. The molecule has 19 heavy (non-hydrogen) atoms. The third kappa shape index (κ3) is 2.68. The van der Waals surface area contributed by atoms with E-state index < -0.39 is 5.97 Å². The summed E-state index contributed by atoms with van der Waals surface area (Å²) in [5.41, 5.74) is 2.29. The molecule has 5 heteroatoms. The normalized spacial score (nSPS) is 19.0. The molecule has 0 bridgehead atoms. The molecule has 0 spiro atoms. The molecule has 2 heterocycles. The Morgan fingerprint density at radius 1 is 1.58 bits per heavy atom. The van der Waals surface area contributed by atoms with E-state index >= 15 is 0 Å². The fourth-order valence-electron chi connectivity index (χ4n) is 2.56. The highest BCUT2D eigenvalue weighted by atomic mass is 16.4. The molecule has 0 radical (unpaired) electrons. The number of aliphatic carboxylic acids is 1. The first-order valence-electron chi connectivity index (χ1n) is 6.39. The third-order valence-corrected chi connectivity index (χ3v) is 3.51. The summed E-state index contributed by atoms with van der Waals surface area (Å²) in [5, 5.41) is 18.4. The van der Waals surface area contributed by atoms with Crippen LogP contribution in [0.4, 0.5) is 5.82 Å². The van der Waals surface area contributed by atoms with Crippen LogP contribution in [-0.2, 0) is 4.79 Å². The van der Waals surface area contributed by atoms with Crippen molar-refractivity contribution in [3.05, 3.63) is 22.9 Å². The predicted molar refractivity (Wildman–Crippen MR) is 71.0 cm³/mol. The zero-order valence-electron chi connectivity index (χ0n) is 11.2. The van der Waals surface area contributed by atoms with Crippen molar-refractivity contribution < 1.29 is 9.90 Å². The van der Waals surface area contributed by atoms with E-state index in [1.54, 1.807) is 0 Å². The molecule has 1 aromatic heterocycles. The zero-order valence-corrected chi connectivity index (χ0v) is 11.2. The number of carbonyl (C=O) groups is 1. The van der Waals surface area contributed by atoms with E-state index in [4.69, 9.17) is 5.11 Å². The Kier molecular flexibility index (Phi) is 3.70. The van der Waals surface area contributed by atoms with Crippen LogP contribution in [0.25, 0.3) is 0 Å². The van der Waals surface area contributed by atoms with Gasteiger partial charge >= 0.3 is 5.97 Å². The summed E-state index contributed by atoms with van der Waals surface area (Å²) in [7, 11) is 0. The topological polar surface area (TPSA) is 77.2 Å². The largest absolute Gasteiger partial charge is 0.481 e. The maximum atomic E-state index is 11.1. The standard InChI is InChI=1S/C14H17N3O2/c1-9-6-10(2)16-13(12(9)7-15)17-5-3-4-11(8-17)14(18)19/h6,11H,3-5,8H2,1-2H3,(H,18,19). The van der Waals surface area contributed by atoms with Crippen molar-refractivity contribution in [1.82, 2.24) is 4.98 Å². The Hall–Kier alpha value is -2.09. The predicted octanol–water partition coefficient (Wildman–Crippen LogP) is 1.87. The van der Waals surface area contributed by atoms with Crippen molar-refractivity contribution in [3.63, 3.8) is 0 Å². The van der Waals surface area contributed by atoms with Crippen molar-refractivity contribution >= 4 is 11.8 Å². The molecule has 0 aliphatic carbocycles. The van der Waals surface area contributed by atoms with Gasteiger partial charge in [-0.15, -0.1) is 0 Å². The third-order valence-electron chi connectivity index (χ3n) is 3.51. The second-order valence-corrected chi connectivity index (χ2v) is 5.01. The molecule has 0 aromatic carbocycles. The smallest absolute Gasteiger partial charge is 0.308 e. The Labute approximate surface area is 112 Å². The molecule has 2 rings (SSSR count). The molecular formula is C14H17N3O2. The number of pyridine rings is 1. The first-order valence-corrected chi connectivity index (χ1v) is 6.39. The summed E-state index contributed by atoms with van der Waals surface area (Å²) in [4.78, 5) is 17.5. The summed E-state index contributed by atoms with van der Waals surface area (Å²) < 4.78 is 0. The minimum Gasteiger partial charge on any atom is -0.481 e. The number of aromatic nitrogens is 1. The Morgan fingerprint density at radius 3 is 2.95 bits per heavy atom. The van der Waals surface area contributed by atoms with Gasteiger partial charge in [-0.25, -0.2) is 4.98 Å². The van der Waals surface area contributed by atoms with Crippen molar-refractivity contribution in [2.75, 3.05) is 18.0 Å². The Balaban J connectivity index is 2.36. The van der Waals surface area contributed by atoms with Crippen LogP contribution in [-0.4, -0.2) is 29.1 Å². The lowest BCUT2D eigenvalue weighted by Crippen LogP contribution is -2.39. The Morgan fingerprint density at radius 2 is 2.32 bits per heavy atom. The van der Waals surface area contributed by atoms with Crippen molar-refractivity contribution in [2.45, 2.75) is 26.7 Å². The number of piperidine rings is 1. The molecular weight excluding hydrogens is 242 g/mol. The lowest BCUT2D eigenvalue weighted by atomic mass is 9.97. The summed E-state index contributed by atoms with van der Waals surface area (Å²) in [5.74, 6) is -0.513. The molecule has 1 N–H and O–H groups in total. The van der Waals surface area contributed by atoms with Gasteiger partial charge < -0.3 is 10.0 Å². The molecule has 5 nitrogen and oxygen atoms in total. The molecule has 1 aliphatic rings. The molecule has 1 saturated heterocycles. The van der Waals surface area contributed by atoms with Crippen LogP contribution in [0.5, 0.6) is 0 Å². The van der Waals surface area contributed by atoms with Gasteiger partial charge in [-0.1, -0.05) is 0 Å². The number of hydrogen-bond acceptors (Lipinski definition) is 4. The average Bonchev–Trinajstić information content (AvgIpc) is 2.38. The fourth-order valence-corrected chi connectivity index (χ4v) is 2.56. The zero-order chi connectivity index (χ0) is 14.0. The molecule has 0 amide bonds. The van der Waals surface area contributed by atoms with Gasteiger partial charge in [0.1, 0.15) is 11.9 Å². The SMILES string of the molecule is Cc1cc(C)c(C#N)c(N2CCCC(C(=O)O)C2)n1. The molecule has 1 fully saturated rings. The van der Waals surface area contributed by atoms with E-state index in [1.165, 1.54) is 0 Å². The maximum absolute atomic E-state index is 11.1. The van der Waals surface area contributed by atoms with Crippen molar-refractivity contribution in [2.24, 2.45) is 5.92 Å². The molecule has 1 atom stereocenters. The average molecular weight is 259 g/mol. The maximum Gasteiger partial charge on any atom is 0.308 e. The van der Waals surface area contributed by atoms with Crippen LogP contribution in [0.3, 0.4) is 0 Å². The minimum absolute atomic E-state index is 0.372. The molecule has 0 saturated carbocycles. The molecule has 100 valence electrons. The first kappa shape index (κ1) is 13.3. The van der Waals surface area contributed by atoms with Gasteiger partial charge in [0.25, 0.3) is 0 Å². The van der Waals surface area contributed by atoms with Crippen molar-refractivity contribution in [1.29, 1.82) is 5.26 Å². The minimum atomic E-state index is -0.771. The van der Waals surface area contributed by atoms with E-state index in [2.05, 4.69) is 11.1 Å². The number of carboxylic acids is 1. The van der Waals surface area contributed by atoms with E-state index in [0.29, 0.717) is 24.3 Å². The highest BCUT2D eigenvalue weighted by Crippen LogP contribution is 2.26. The van der Waals surface area contributed by atoms with Gasteiger partial charge in [-0.2, -0.15) is 5.26 Å². The van der Waals surface area contributed by atoms with Gasteiger partial charge in [-0.3, -0.25) is 4.79 Å². The summed E-state index contributed by atoms with van der Waals surface area (Å²) in [6, 6.07) is 4.06. The van der Waals surface area contributed by atoms with Crippen molar-refractivity contribution in [3.8, 4) is 6.07 Å². The van der Waals surface area contributed by atoms with Crippen LogP contribution in [0, 0.1) is 31.1 Å². The van der Waals surface area contributed by atoms with Gasteiger partial charge in [0.15, 0.2) is 0 Å². The summed E-state index contributed by atoms with van der Waals surface area (Å²) >= 11 is 0.